The highest BCUT2D eigenvalue weighted by molar-refractivity contribution is 5.91. The zero-order valence-corrected chi connectivity index (χ0v) is 12.6. The van der Waals surface area contributed by atoms with E-state index in [0.717, 1.165) is 17.0 Å². The Morgan fingerprint density at radius 2 is 2.18 bits per heavy atom. The van der Waals surface area contributed by atoms with Gasteiger partial charge in [0.15, 0.2) is 5.95 Å². The minimum Gasteiger partial charge on any atom is -0.369 e. The Balaban J connectivity index is 2.09. The van der Waals surface area contributed by atoms with Crippen LogP contribution in [0.15, 0.2) is 54.4 Å². The van der Waals surface area contributed by atoms with Crippen LogP contribution in [0.25, 0.3) is 11.3 Å². The molecule has 1 heterocycles. The van der Waals surface area contributed by atoms with Crippen LogP contribution >= 0.6 is 0 Å². The van der Waals surface area contributed by atoms with Gasteiger partial charge in [-0.2, -0.15) is 0 Å². The molecule has 114 valence electrons. The molecule has 0 bridgehead atoms. The molecule has 0 atom stereocenters. The number of nitrogens with two attached hydrogens (primary N) is 1. The number of hydrogen-bond acceptors (Lipinski definition) is 3. The maximum Gasteiger partial charge on any atom is 0.323 e. The second-order valence-electron chi connectivity index (χ2n) is 4.59. The molecule has 0 fully saturated rings. The number of carbonyl (C=O) groups excluding carboxylic acids is 1. The molecule has 2 rings (SSSR count). The first kappa shape index (κ1) is 15.4. The van der Waals surface area contributed by atoms with Gasteiger partial charge in [0.25, 0.3) is 0 Å². The molecule has 2 amide bonds. The highest BCUT2D eigenvalue weighted by Gasteiger charge is 2.05. The Morgan fingerprint density at radius 1 is 1.36 bits per heavy atom. The third kappa shape index (κ3) is 3.99. The number of urea groups is 1. The van der Waals surface area contributed by atoms with Crippen LogP contribution in [0.3, 0.4) is 0 Å². The minimum absolute atomic E-state index is 0.299. The van der Waals surface area contributed by atoms with E-state index in [1.807, 2.05) is 56.3 Å². The van der Waals surface area contributed by atoms with Gasteiger partial charge in [0.05, 0.1) is 11.9 Å². The van der Waals surface area contributed by atoms with Crippen LogP contribution in [0, 0.1) is 0 Å². The summed E-state index contributed by atoms with van der Waals surface area (Å²) in [5.74, 6) is 0.357. The largest absolute Gasteiger partial charge is 0.369 e. The van der Waals surface area contributed by atoms with Crippen LogP contribution in [0.2, 0.25) is 0 Å². The van der Waals surface area contributed by atoms with Gasteiger partial charge < -0.3 is 21.4 Å². The number of H-pyrrole nitrogens is 1. The molecule has 0 saturated heterocycles. The van der Waals surface area contributed by atoms with Gasteiger partial charge in [-0.25, -0.2) is 9.78 Å². The fraction of sp³-hybridized carbons (Fsp3) is 0.125. The first-order valence-corrected chi connectivity index (χ1v) is 6.90. The second-order valence-corrected chi connectivity index (χ2v) is 4.59. The van der Waals surface area contributed by atoms with Crippen molar-refractivity contribution in [3.8, 4) is 11.3 Å². The van der Waals surface area contributed by atoms with Gasteiger partial charge in [0.2, 0.25) is 0 Å². The first-order chi connectivity index (χ1) is 10.6. The van der Waals surface area contributed by atoms with Crippen LogP contribution < -0.4 is 16.4 Å². The SMILES string of the molecule is C/C=C\C(=C/C)NC(=O)Nc1cccc(-c2cnc(N)[nH]2)c1. The third-order valence-electron chi connectivity index (χ3n) is 2.94. The molecule has 6 heteroatoms. The molecule has 2 aromatic rings. The lowest BCUT2D eigenvalue weighted by molar-refractivity contribution is 0.254. The maximum atomic E-state index is 12.0. The number of hydrogen-bond donors (Lipinski definition) is 4. The van der Waals surface area contributed by atoms with E-state index in [1.165, 1.54) is 0 Å². The molecule has 0 aliphatic heterocycles. The summed E-state index contributed by atoms with van der Waals surface area (Å²) in [4.78, 5) is 18.9. The van der Waals surface area contributed by atoms with Crippen molar-refractivity contribution in [2.45, 2.75) is 13.8 Å². The maximum absolute atomic E-state index is 12.0. The molecule has 0 saturated carbocycles. The van der Waals surface area contributed by atoms with Crippen LogP contribution in [0.5, 0.6) is 0 Å². The molecular formula is C16H19N5O. The monoisotopic (exact) mass is 297 g/mol. The molecule has 1 aromatic heterocycles. The van der Waals surface area contributed by atoms with E-state index in [4.69, 9.17) is 5.73 Å². The van der Waals surface area contributed by atoms with Crippen molar-refractivity contribution in [2.75, 3.05) is 11.1 Å². The van der Waals surface area contributed by atoms with E-state index < -0.39 is 0 Å². The zero-order valence-electron chi connectivity index (χ0n) is 12.6. The lowest BCUT2D eigenvalue weighted by Crippen LogP contribution is -2.27. The van der Waals surface area contributed by atoms with Crippen molar-refractivity contribution in [3.63, 3.8) is 0 Å². The number of amides is 2. The van der Waals surface area contributed by atoms with Crippen molar-refractivity contribution >= 4 is 17.7 Å². The molecule has 5 N–H and O–H groups in total. The average molecular weight is 297 g/mol. The number of nitrogens with zero attached hydrogens (tertiary/aromatic N) is 1. The number of carbonyl (C=O) groups is 1. The highest BCUT2D eigenvalue weighted by Crippen LogP contribution is 2.21. The quantitative estimate of drug-likeness (QED) is 0.652. The van der Waals surface area contributed by atoms with E-state index in [-0.39, 0.29) is 6.03 Å². The Morgan fingerprint density at radius 3 is 2.82 bits per heavy atom. The van der Waals surface area contributed by atoms with Crippen LogP contribution in [0.4, 0.5) is 16.4 Å². The Hall–Kier alpha value is -3.02. The van der Waals surface area contributed by atoms with Crippen molar-refractivity contribution < 1.29 is 4.79 Å². The first-order valence-electron chi connectivity index (χ1n) is 6.90. The van der Waals surface area contributed by atoms with E-state index >= 15 is 0 Å². The van der Waals surface area contributed by atoms with Crippen molar-refractivity contribution in [1.82, 2.24) is 15.3 Å². The summed E-state index contributed by atoms with van der Waals surface area (Å²) in [6.45, 7) is 3.75. The van der Waals surface area contributed by atoms with Crippen LogP contribution in [-0.4, -0.2) is 16.0 Å². The molecule has 0 unspecified atom stereocenters. The predicted molar refractivity (Wildman–Crippen MR) is 89.2 cm³/mol. The normalized spacial score (nSPS) is 11.6. The number of anilines is 2. The fourth-order valence-electron chi connectivity index (χ4n) is 1.93. The molecule has 1 aromatic carbocycles. The van der Waals surface area contributed by atoms with E-state index in [9.17, 15) is 4.79 Å². The number of imidazole rings is 1. The molecule has 0 aliphatic carbocycles. The van der Waals surface area contributed by atoms with Crippen molar-refractivity contribution in [2.24, 2.45) is 0 Å². The predicted octanol–water partition coefficient (Wildman–Crippen LogP) is 3.26. The van der Waals surface area contributed by atoms with Crippen molar-refractivity contribution in [1.29, 1.82) is 0 Å². The Bertz CT molecular complexity index is 715. The molecular weight excluding hydrogens is 278 g/mol. The Labute approximate surface area is 129 Å². The molecule has 0 spiro atoms. The van der Waals surface area contributed by atoms with Gasteiger partial charge in [-0.05, 0) is 32.1 Å². The molecule has 6 nitrogen and oxygen atoms in total. The third-order valence-corrected chi connectivity index (χ3v) is 2.94. The summed E-state index contributed by atoms with van der Waals surface area (Å²) in [6, 6.07) is 7.12. The summed E-state index contributed by atoms with van der Waals surface area (Å²) >= 11 is 0. The summed E-state index contributed by atoms with van der Waals surface area (Å²) in [6.07, 6.45) is 7.16. The minimum atomic E-state index is -0.299. The summed E-state index contributed by atoms with van der Waals surface area (Å²) < 4.78 is 0. The number of nitrogen functional groups attached to an aromatic ring is 1. The molecule has 22 heavy (non-hydrogen) atoms. The van der Waals surface area contributed by atoms with Gasteiger partial charge in [-0.1, -0.05) is 24.3 Å². The summed E-state index contributed by atoms with van der Waals surface area (Å²) in [7, 11) is 0. The molecule has 0 aliphatic rings. The topological polar surface area (TPSA) is 95.8 Å². The molecule has 0 radical (unpaired) electrons. The van der Waals surface area contributed by atoms with Crippen LogP contribution in [-0.2, 0) is 0 Å². The number of rotatable bonds is 4. The number of aromatic nitrogens is 2. The van der Waals surface area contributed by atoms with Gasteiger partial charge in [0.1, 0.15) is 0 Å². The van der Waals surface area contributed by atoms with Gasteiger partial charge >= 0.3 is 6.03 Å². The summed E-state index contributed by atoms with van der Waals surface area (Å²) in [5.41, 5.74) is 8.67. The lowest BCUT2D eigenvalue weighted by atomic mass is 10.1. The second kappa shape index (κ2) is 7.12. The highest BCUT2D eigenvalue weighted by atomic mass is 16.2. The number of aromatic amines is 1. The Kier molecular flexibility index (Phi) is 4.98. The van der Waals surface area contributed by atoms with E-state index in [0.29, 0.717) is 11.6 Å². The fourth-order valence-corrected chi connectivity index (χ4v) is 1.93. The van der Waals surface area contributed by atoms with Crippen molar-refractivity contribution in [3.05, 3.63) is 54.4 Å². The number of nitrogens with one attached hydrogen (secondary N) is 3. The average Bonchev–Trinajstić information content (AvgIpc) is 2.93. The van der Waals surface area contributed by atoms with Crippen LogP contribution in [0.1, 0.15) is 13.8 Å². The standard InChI is InChI=1S/C16H19N5O/c1-3-6-12(4-2)19-16(22)20-13-8-5-7-11(9-13)14-10-18-15(17)21-14/h3-10H,1-2H3,(H3,17,18,21)(H2,19,20,22)/b6-3-,12-4+. The van der Waals surface area contributed by atoms with E-state index in [2.05, 4.69) is 20.6 Å². The lowest BCUT2D eigenvalue weighted by Gasteiger charge is -2.09. The van der Waals surface area contributed by atoms with Gasteiger partial charge in [-0.15, -0.1) is 0 Å². The van der Waals surface area contributed by atoms with E-state index in [1.54, 1.807) is 6.20 Å². The zero-order chi connectivity index (χ0) is 15.9. The van der Waals surface area contributed by atoms with Gasteiger partial charge in [0, 0.05) is 16.9 Å². The van der Waals surface area contributed by atoms with Gasteiger partial charge in [-0.3, -0.25) is 0 Å². The summed E-state index contributed by atoms with van der Waals surface area (Å²) in [5, 5.41) is 5.56. The number of allylic oxidation sites excluding steroid dienone is 3. The smallest absolute Gasteiger partial charge is 0.323 e. The number of benzene rings is 1.